The summed E-state index contributed by atoms with van der Waals surface area (Å²) in [6.45, 7) is 1.75. The first-order valence-electron chi connectivity index (χ1n) is 11.7. The number of imidazole rings is 1. The first kappa shape index (κ1) is 24.0. The van der Waals surface area contributed by atoms with Gasteiger partial charge in [-0.15, -0.1) is 10.2 Å². The Morgan fingerprint density at radius 1 is 1.05 bits per heavy atom. The highest BCUT2D eigenvalue weighted by Crippen LogP contribution is 2.44. The number of aromatic nitrogens is 5. The third-order valence-corrected chi connectivity index (χ3v) is 8.31. The number of nitrogens with zero attached hydrogens (tertiary/aromatic N) is 6. The van der Waals surface area contributed by atoms with Gasteiger partial charge in [0.05, 0.1) is 17.3 Å². The Hall–Kier alpha value is -4.35. The van der Waals surface area contributed by atoms with Gasteiger partial charge in [-0.05, 0) is 36.2 Å². The van der Waals surface area contributed by atoms with Crippen LogP contribution in [0.15, 0.2) is 89.2 Å². The van der Waals surface area contributed by atoms with Gasteiger partial charge in [0.1, 0.15) is 11.3 Å². The molecule has 1 saturated heterocycles. The van der Waals surface area contributed by atoms with Crippen LogP contribution in [0.25, 0.3) is 11.4 Å². The summed E-state index contributed by atoms with van der Waals surface area (Å²) in [6, 6.07) is 17.9. The third-order valence-electron chi connectivity index (χ3n) is 6.18. The number of pyridine rings is 2. The number of rotatable bonds is 6. The van der Waals surface area contributed by atoms with Crippen LogP contribution in [-0.4, -0.2) is 41.4 Å². The molecule has 1 aliphatic heterocycles. The van der Waals surface area contributed by atoms with Gasteiger partial charge in [-0.2, -0.15) is 0 Å². The van der Waals surface area contributed by atoms with E-state index in [2.05, 4.69) is 20.2 Å². The largest absolute Gasteiger partial charge is 0.505 e. The monoisotopic (exact) mass is 540 g/mol. The van der Waals surface area contributed by atoms with E-state index in [0.717, 1.165) is 5.56 Å². The summed E-state index contributed by atoms with van der Waals surface area (Å²) in [4.78, 5) is 36.9. The highest BCUT2D eigenvalue weighted by molar-refractivity contribution is 8.00. The lowest BCUT2D eigenvalue weighted by molar-refractivity contribution is -0.132. The number of aliphatic hydroxyl groups is 1. The molecule has 11 heteroatoms. The van der Waals surface area contributed by atoms with E-state index in [-0.39, 0.29) is 16.5 Å². The molecule has 0 radical (unpaired) electrons. The number of ketones is 1. The summed E-state index contributed by atoms with van der Waals surface area (Å²) < 4.78 is 2.36. The summed E-state index contributed by atoms with van der Waals surface area (Å²) >= 11 is 2.72. The second-order valence-electron chi connectivity index (χ2n) is 8.55. The van der Waals surface area contributed by atoms with Crippen molar-refractivity contribution in [2.75, 3.05) is 4.90 Å². The summed E-state index contributed by atoms with van der Waals surface area (Å²) in [5.41, 5.74) is 3.14. The van der Waals surface area contributed by atoms with Crippen molar-refractivity contribution in [3.63, 3.8) is 0 Å². The Balaban J connectivity index is 1.44. The molecular formula is C27H20N6O3S2. The number of benzene rings is 1. The highest BCUT2D eigenvalue weighted by Gasteiger charge is 2.49. The van der Waals surface area contributed by atoms with Crippen molar-refractivity contribution in [3.05, 3.63) is 107 Å². The van der Waals surface area contributed by atoms with Gasteiger partial charge in [-0.3, -0.25) is 23.9 Å². The zero-order valence-corrected chi connectivity index (χ0v) is 21.7. The topological polar surface area (TPSA) is 114 Å². The molecule has 9 nitrogen and oxygen atoms in total. The minimum absolute atomic E-state index is 0.0505. The van der Waals surface area contributed by atoms with E-state index >= 15 is 0 Å². The number of amides is 1. The molecule has 4 aromatic heterocycles. The summed E-state index contributed by atoms with van der Waals surface area (Å²) in [7, 11) is 0. The summed E-state index contributed by atoms with van der Waals surface area (Å²) in [5.74, 6) is -1.22. The molecule has 0 spiro atoms. The van der Waals surface area contributed by atoms with Crippen LogP contribution >= 0.6 is 23.1 Å². The summed E-state index contributed by atoms with van der Waals surface area (Å²) in [6.07, 6.45) is 4.93. The van der Waals surface area contributed by atoms with Crippen molar-refractivity contribution in [2.24, 2.45) is 0 Å². The fourth-order valence-electron chi connectivity index (χ4n) is 4.49. The van der Waals surface area contributed by atoms with E-state index in [4.69, 9.17) is 0 Å². The number of aliphatic hydroxyl groups excluding tert-OH is 1. The molecule has 0 saturated carbocycles. The molecule has 1 amide bonds. The molecule has 5 heterocycles. The van der Waals surface area contributed by atoms with Gasteiger partial charge < -0.3 is 5.11 Å². The van der Waals surface area contributed by atoms with Crippen LogP contribution in [-0.2, 0) is 15.3 Å². The first-order chi connectivity index (χ1) is 18.5. The standard InChI is InChI=1S/C27H20N6O3S2/c1-16-21(32-13-6-5-11-19(32)29-16)23(34)20-22(18-10-7-12-28-14-18)33(25(36)24(20)35)26-30-31-27(38-26)37-15-17-8-3-2-4-9-17/h2-14,22,34H,15H2,1H3/b23-20+. The molecule has 1 aromatic carbocycles. The number of hydrogen-bond donors (Lipinski definition) is 1. The van der Waals surface area contributed by atoms with Crippen molar-refractivity contribution in [1.82, 2.24) is 24.6 Å². The van der Waals surface area contributed by atoms with Gasteiger partial charge in [0.15, 0.2) is 10.1 Å². The zero-order valence-electron chi connectivity index (χ0n) is 20.1. The lowest BCUT2D eigenvalue weighted by Gasteiger charge is -2.22. The van der Waals surface area contributed by atoms with E-state index in [1.165, 1.54) is 28.0 Å². The molecule has 1 N–H and O–H groups in total. The van der Waals surface area contributed by atoms with Crippen LogP contribution in [0.3, 0.4) is 0 Å². The van der Waals surface area contributed by atoms with Gasteiger partial charge in [0.25, 0.3) is 5.78 Å². The van der Waals surface area contributed by atoms with Crippen LogP contribution in [0, 0.1) is 6.92 Å². The lowest BCUT2D eigenvalue weighted by Crippen LogP contribution is -2.29. The Morgan fingerprint density at radius 3 is 2.66 bits per heavy atom. The van der Waals surface area contributed by atoms with Gasteiger partial charge in [0, 0.05) is 24.3 Å². The molecule has 1 fully saturated rings. The Morgan fingerprint density at radius 2 is 1.87 bits per heavy atom. The van der Waals surface area contributed by atoms with Gasteiger partial charge in [-0.25, -0.2) is 4.98 Å². The Labute approximate surface area is 225 Å². The average Bonchev–Trinajstić information content (AvgIpc) is 3.62. The van der Waals surface area contributed by atoms with Crippen molar-refractivity contribution >= 4 is 51.3 Å². The number of fused-ring (bicyclic) bond motifs is 1. The Bertz CT molecular complexity index is 1700. The first-order valence-corrected chi connectivity index (χ1v) is 13.5. The number of carbonyl (C=O) groups is 2. The molecule has 6 rings (SSSR count). The molecule has 0 aliphatic carbocycles. The molecule has 0 bridgehead atoms. The number of Topliss-reactive ketones (excluding diaryl/α,β-unsaturated/α-hetero) is 1. The van der Waals surface area contributed by atoms with Crippen LogP contribution in [0.4, 0.5) is 5.13 Å². The third kappa shape index (κ3) is 4.15. The number of carbonyl (C=O) groups excluding carboxylic acids is 2. The predicted molar refractivity (Wildman–Crippen MR) is 145 cm³/mol. The minimum Gasteiger partial charge on any atom is -0.505 e. The smallest absolute Gasteiger partial charge is 0.301 e. The minimum atomic E-state index is -0.933. The highest BCUT2D eigenvalue weighted by atomic mass is 32.2. The van der Waals surface area contributed by atoms with Crippen molar-refractivity contribution in [3.8, 4) is 0 Å². The molecule has 1 atom stereocenters. The Kier molecular flexibility index (Phi) is 6.22. The van der Waals surface area contributed by atoms with Crippen LogP contribution < -0.4 is 4.90 Å². The lowest BCUT2D eigenvalue weighted by atomic mass is 9.97. The molecule has 1 unspecified atom stereocenters. The van der Waals surface area contributed by atoms with E-state index in [0.29, 0.717) is 32.7 Å². The molecule has 38 heavy (non-hydrogen) atoms. The number of thioether (sulfide) groups is 1. The number of aryl methyl sites for hydroxylation is 1. The van der Waals surface area contributed by atoms with Crippen molar-refractivity contribution in [2.45, 2.75) is 23.1 Å². The quantitative estimate of drug-likeness (QED) is 0.107. The fourth-order valence-corrected chi connectivity index (χ4v) is 6.31. The molecule has 5 aromatic rings. The van der Waals surface area contributed by atoms with Gasteiger partial charge >= 0.3 is 5.91 Å². The second-order valence-corrected chi connectivity index (χ2v) is 10.7. The number of hydrogen-bond acceptors (Lipinski definition) is 9. The van der Waals surface area contributed by atoms with E-state index in [1.54, 1.807) is 54.2 Å². The van der Waals surface area contributed by atoms with Crippen LogP contribution in [0.2, 0.25) is 0 Å². The van der Waals surface area contributed by atoms with E-state index in [1.807, 2.05) is 36.4 Å². The molecular weight excluding hydrogens is 520 g/mol. The van der Waals surface area contributed by atoms with E-state index in [9.17, 15) is 14.7 Å². The maximum Gasteiger partial charge on any atom is 0.301 e. The fraction of sp³-hybridized carbons (Fsp3) is 0.111. The maximum absolute atomic E-state index is 13.5. The van der Waals surface area contributed by atoms with Gasteiger partial charge in [0.2, 0.25) is 5.13 Å². The predicted octanol–water partition coefficient (Wildman–Crippen LogP) is 4.81. The average molecular weight is 541 g/mol. The molecule has 188 valence electrons. The zero-order chi connectivity index (χ0) is 26.2. The normalized spacial score (nSPS) is 17.0. The van der Waals surface area contributed by atoms with Crippen LogP contribution in [0.5, 0.6) is 0 Å². The number of anilines is 1. The maximum atomic E-state index is 13.5. The summed E-state index contributed by atoms with van der Waals surface area (Å²) in [5, 5.41) is 20.3. The second kappa shape index (κ2) is 9.84. The van der Waals surface area contributed by atoms with E-state index < -0.39 is 17.7 Å². The van der Waals surface area contributed by atoms with Crippen molar-refractivity contribution in [1.29, 1.82) is 0 Å². The SMILES string of the molecule is Cc1nc2ccccn2c1/C(O)=C1\C(=O)C(=O)N(c2nnc(SCc3ccccc3)s2)C1c1cccnc1. The molecule has 1 aliphatic rings. The van der Waals surface area contributed by atoms with Crippen molar-refractivity contribution < 1.29 is 14.7 Å². The van der Waals surface area contributed by atoms with Crippen LogP contribution in [0.1, 0.15) is 28.6 Å². The van der Waals surface area contributed by atoms with Gasteiger partial charge in [-0.1, -0.05) is 65.6 Å².